The highest BCUT2D eigenvalue weighted by molar-refractivity contribution is 7.86. The van der Waals surface area contributed by atoms with Gasteiger partial charge in [0.15, 0.2) is 11.6 Å². The van der Waals surface area contributed by atoms with Crippen molar-refractivity contribution >= 4 is 10.8 Å². The molecule has 0 aromatic heterocycles. The van der Waals surface area contributed by atoms with Crippen LogP contribution in [0.3, 0.4) is 0 Å². The van der Waals surface area contributed by atoms with Gasteiger partial charge in [-0.15, -0.1) is 0 Å². The summed E-state index contributed by atoms with van der Waals surface area (Å²) in [7, 11) is 0.344. The first-order valence-corrected chi connectivity index (χ1v) is 7.87. The average molecular weight is 302 g/mol. The molecule has 1 aromatic rings. The van der Waals surface area contributed by atoms with Crippen molar-refractivity contribution in [3.8, 4) is 5.75 Å². The van der Waals surface area contributed by atoms with Crippen molar-refractivity contribution in [3.63, 3.8) is 0 Å². The molecular weight excluding hydrogens is 286 g/mol. The maximum Gasteiger partial charge on any atom is 0.168 e. The van der Waals surface area contributed by atoms with Crippen LogP contribution in [0.4, 0.5) is 8.78 Å². The first-order chi connectivity index (χ1) is 9.44. The summed E-state index contributed by atoms with van der Waals surface area (Å²) in [5.41, 5.74) is -1.24. The number of hydrogen-bond donors (Lipinski definition) is 1. The highest BCUT2D eigenvalue weighted by Crippen LogP contribution is 2.48. The predicted molar refractivity (Wildman–Crippen MR) is 71.0 cm³/mol. The van der Waals surface area contributed by atoms with E-state index < -0.39 is 28.0 Å². The molecule has 2 aliphatic rings. The molecule has 0 amide bonds. The molecule has 2 unspecified atom stereocenters. The fraction of sp³-hybridized carbons (Fsp3) is 0.571. The van der Waals surface area contributed by atoms with E-state index in [1.165, 1.54) is 7.11 Å². The van der Waals surface area contributed by atoms with Gasteiger partial charge in [-0.2, -0.15) is 0 Å². The molecule has 6 heteroatoms. The zero-order chi connectivity index (χ0) is 14.5. The van der Waals surface area contributed by atoms with Crippen LogP contribution in [0.5, 0.6) is 5.75 Å². The minimum atomic E-state index is -1.37. The highest BCUT2D eigenvalue weighted by Gasteiger charge is 2.49. The molecule has 0 spiro atoms. The Morgan fingerprint density at radius 2 is 1.90 bits per heavy atom. The number of halogens is 2. The van der Waals surface area contributed by atoms with E-state index in [-0.39, 0.29) is 34.7 Å². The number of fused-ring (bicyclic) bond motifs is 2. The number of aliphatic hydroxyl groups is 1. The Bertz CT molecular complexity index is 560. The van der Waals surface area contributed by atoms with Crippen LogP contribution in [0.15, 0.2) is 12.1 Å². The lowest BCUT2D eigenvalue weighted by Crippen LogP contribution is -2.40. The Balaban J connectivity index is 2.06. The molecule has 20 heavy (non-hydrogen) atoms. The minimum Gasteiger partial charge on any atom is -0.493 e. The fourth-order valence-electron chi connectivity index (χ4n) is 3.41. The molecule has 2 fully saturated rings. The van der Waals surface area contributed by atoms with E-state index >= 15 is 0 Å². The van der Waals surface area contributed by atoms with Gasteiger partial charge < -0.3 is 9.84 Å². The van der Waals surface area contributed by atoms with Gasteiger partial charge in [0.05, 0.1) is 12.7 Å². The van der Waals surface area contributed by atoms with Gasteiger partial charge in [-0.25, -0.2) is 8.78 Å². The van der Waals surface area contributed by atoms with Gasteiger partial charge in [0, 0.05) is 32.9 Å². The Labute approximate surface area is 118 Å². The van der Waals surface area contributed by atoms with Gasteiger partial charge in [-0.3, -0.25) is 4.21 Å². The third-order valence-electron chi connectivity index (χ3n) is 4.31. The molecule has 110 valence electrons. The summed E-state index contributed by atoms with van der Waals surface area (Å²) in [6.45, 7) is 0. The molecule has 2 bridgehead atoms. The first kappa shape index (κ1) is 13.9. The third-order valence-corrected chi connectivity index (χ3v) is 6.43. The van der Waals surface area contributed by atoms with E-state index in [2.05, 4.69) is 0 Å². The van der Waals surface area contributed by atoms with Crippen LogP contribution >= 0.6 is 0 Å². The van der Waals surface area contributed by atoms with Gasteiger partial charge in [-0.1, -0.05) is 0 Å². The van der Waals surface area contributed by atoms with Gasteiger partial charge in [-0.05, 0) is 31.7 Å². The molecule has 1 aromatic carbocycles. The molecule has 0 saturated carbocycles. The fourth-order valence-corrected chi connectivity index (χ4v) is 5.58. The number of hydrogen-bond acceptors (Lipinski definition) is 3. The van der Waals surface area contributed by atoms with E-state index in [1.54, 1.807) is 0 Å². The van der Waals surface area contributed by atoms with Gasteiger partial charge in [0.25, 0.3) is 0 Å². The molecule has 3 nitrogen and oxygen atoms in total. The number of methoxy groups -OCH3 is 1. The third kappa shape index (κ3) is 2.05. The van der Waals surface area contributed by atoms with E-state index in [0.717, 1.165) is 25.0 Å². The molecule has 2 saturated heterocycles. The van der Waals surface area contributed by atoms with Crippen molar-refractivity contribution in [1.29, 1.82) is 0 Å². The number of benzene rings is 1. The monoisotopic (exact) mass is 302 g/mol. The Hall–Kier alpha value is -1.01. The number of rotatable bonds is 2. The topological polar surface area (TPSA) is 46.5 Å². The second-order valence-electron chi connectivity index (χ2n) is 5.56. The summed E-state index contributed by atoms with van der Waals surface area (Å²) < 4.78 is 44.3. The van der Waals surface area contributed by atoms with E-state index in [0.29, 0.717) is 0 Å². The summed E-state index contributed by atoms with van der Waals surface area (Å²) in [6.07, 6.45) is 2.10. The van der Waals surface area contributed by atoms with Crippen LogP contribution < -0.4 is 4.74 Å². The zero-order valence-electron chi connectivity index (χ0n) is 11.1. The standard InChI is InChI=1S/C14H16F2O3S/c1-19-13-11(4-8(15)5-12(13)16)14(17)6-9-2-3-10(7-14)20(9)18/h4-5,9-10,17H,2-3,6-7H2,1H3. The molecule has 0 aliphatic carbocycles. The van der Waals surface area contributed by atoms with Crippen LogP contribution in [0.2, 0.25) is 0 Å². The molecule has 3 rings (SSSR count). The van der Waals surface area contributed by atoms with Crippen molar-refractivity contribution in [3.05, 3.63) is 29.3 Å². The number of ether oxygens (including phenoxy) is 1. The van der Waals surface area contributed by atoms with E-state index in [9.17, 15) is 18.1 Å². The zero-order valence-corrected chi connectivity index (χ0v) is 11.9. The van der Waals surface area contributed by atoms with Crippen molar-refractivity contribution in [1.82, 2.24) is 0 Å². The van der Waals surface area contributed by atoms with Gasteiger partial charge in [0.2, 0.25) is 0 Å². The molecular formula is C14H16F2O3S. The SMILES string of the molecule is COc1c(F)cc(F)cc1C1(O)CC2CCC(C1)S2=O. The van der Waals surface area contributed by atoms with Crippen LogP contribution in [-0.4, -0.2) is 26.9 Å². The summed E-state index contributed by atoms with van der Waals surface area (Å²) in [4.78, 5) is 0. The maximum absolute atomic E-state index is 13.8. The summed E-state index contributed by atoms with van der Waals surface area (Å²) >= 11 is 0. The van der Waals surface area contributed by atoms with Crippen LogP contribution in [0.25, 0.3) is 0 Å². The second kappa shape index (κ2) is 4.77. The van der Waals surface area contributed by atoms with Crippen molar-refractivity contribution in [2.24, 2.45) is 0 Å². The van der Waals surface area contributed by atoms with Crippen molar-refractivity contribution in [2.45, 2.75) is 41.8 Å². The normalized spacial score (nSPS) is 36.1. The summed E-state index contributed by atoms with van der Waals surface area (Å²) in [5.74, 6) is -1.69. The predicted octanol–water partition coefficient (Wildman–Crippen LogP) is 2.23. The Kier molecular flexibility index (Phi) is 3.33. The van der Waals surface area contributed by atoms with E-state index in [4.69, 9.17) is 4.74 Å². The quantitative estimate of drug-likeness (QED) is 0.911. The molecule has 2 atom stereocenters. The molecule has 2 heterocycles. The Morgan fingerprint density at radius 3 is 2.45 bits per heavy atom. The van der Waals surface area contributed by atoms with Gasteiger partial charge >= 0.3 is 0 Å². The summed E-state index contributed by atoms with van der Waals surface area (Å²) in [6, 6.07) is 1.86. The highest BCUT2D eigenvalue weighted by atomic mass is 32.2. The van der Waals surface area contributed by atoms with Gasteiger partial charge in [0.1, 0.15) is 5.82 Å². The first-order valence-electron chi connectivity index (χ1n) is 6.60. The Morgan fingerprint density at radius 1 is 1.30 bits per heavy atom. The smallest absolute Gasteiger partial charge is 0.168 e. The van der Waals surface area contributed by atoms with Crippen molar-refractivity contribution in [2.75, 3.05) is 7.11 Å². The van der Waals surface area contributed by atoms with E-state index in [1.807, 2.05) is 0 Å². The lowest BCUT2D eigenvalue weighted by Gasteiger charge is -2.37. The molecule has 2 aliphatic heterocycles. The molecule has 1 N–H and O–H groups in total. The maximum atomic E-state index is 13.8. The van der Waals surface area contributed by atoms with Crippen molar-refractivity contribution < 1.29 is 22.8 Å². The lowest BCUT2D eigenvalue weighted by molar-refractivity contribution is 0.0154. The van der Waals surface area contributed by atoms with Crippen LogP contribution in [-0.2, 0) is 16.4 Å². The second-order valence-corrected chi connectivity index (χ2v) is 7.55. The molecule has 0 radical (unpaired) electrons. The minimum absolute atomic E-state index is 0.102. The summed E-state index contributed by atoms with van der Waals surface area (Å²) in [5, 5.41) is 10.7. The average Bonchev–Trinajstić information content (AvgIpc) is 2.62. The van der Waals surface area contributed by atoms with Crippen LogP contribution in [0.1, 0.15) is 31.2 Å². The largest absolute Gasteiger partial charge is 0.493 e. The lowest BCUT2D eigenvalue weighted by atomic mass is 9.85. The van der Waals surface area contributed by atoms with Crippen LogP contribution in [0, 0.1) is 11.6 Å².